The number of sulfonamides is 1. The van der Waals surface area contributed by atoms with E-state index in [1.807, 2.05) is 11.6 Å². The second-order valence-corrected chi connectivity index (χ2v) is 6.23. The van der Waals surface area contributed by atoms with Crippen molar-refractivity contribution in [2.24, 2.45) is 5.10 Å². The molecule has 1 N–H and O–H groups in total. The molecule has 108 valence electrons. The topological polar surface area (TPSA) is 78.8 Å². The van der Waals surface area contributed by atoms with Crippen LogP contribution in [-0.4, -0.2) is 31.7 Å². The van der Waals surface area contributed by atoms with Crippen LogP contribution in [0.15, 0.2) is 40.3 Å². The van der Waals surface area contributed by atoms with Gasteiger partial charge in [0.1, 0.15) is 0 Å². The number of nitrogens with one attached hydrogen (secondary N) is 1. The van der Waals surface area contributed by atoms with Crippen LogP contribution in [-0.2, 0) is 10.0 Å². The van der Waals surface area contributed by atoms with E-state index in [4.69, 9.17) is 0 Å². The molecule has 20 heavy (non-hydrogen) atoms. The highest BCUT2D eigenvalue weighted by Gasteiger charge is 2.29. The zero-order valence-corrected chi connectivity index (χ0v) is 12.0. The molecular formula is C13H17N3O3S. The zero-order chi connectivity index (χ0) is 14.6. The van der Waals surface area contributed by atoms with Gasteiger partial charge < -0.3 is 0 Å². The van der Waals surface area contributed by atoms with Crippen molar-refractivity contribution in [1.82, 2.24) is 9.73 Å². The van der Waals surface area contributed by atoms with Gasteiger partial charge in [0.05, 0.1) is 10.9 Å². The second-order valence-electron chi connectivity index (χ2n) is 4.54. The Kier molecular flexibility index (Phi) is 4.39. The summed E-state index contributed by atoms with van der Waals surface area (Å²) in [6, 6.07) is 7.02. The summed E-state index contributed by atoms with van der Waals surface area (Å²) in [5.74, 6) is 0. The SMILES string of the molecule is CCCC1CC=NN1C(=O)NS(=O)(=O)c1ccccc1. The van der Waals surface area contributed by atoms with E-state index < -0.39 is 16.1 Å². The molecule has 1 atom stereocenters. The van der Waals surface area contributed by atoms with Crippen LogP contribution in [0.5, 0.6) is 0 Å². The van der Waals surface area contributed by atoms with Gasteiger partial charge in [0, 0.05) is 12.6 Å². The number of nitrogens with zero attached hydrogens (tertiary/aromatic N) is 2. The van der Waals surface area contributed by atoms with Crippen molar-refractivity contribution in [3.63, 3.8) is 0 Å². The van der Waals surface area contributed by atoms with Crippen LogP contribution in [0.4, 0.5) is 4.79 Å². The summed E-state index contributed by atoms with van der Waals surface area (Å²) >= 11 is 0. The van der Waals surface area contributed by atoms with Crippen LogP contribution >= 0.6 is 0 Å². The minimum Gasteiger partial charge on any atom is -0.246 e. The molecule has 1 unspecified atom stereocenters. The lowest BCUT2D eigenvalue weighted by Gasteiger charge is -2.21. The predicted molar refractivity (Wildman–Crippen MR) is 75.8 cm³/mol. The molecule has 1 aromatic rings. The Hall–Kier alpha value is -1.89. The number of hydrogen-bond donors (Lipinski definition) is 1. The summed E-state index contributed by atoms with van der Waals surface area (Å²) in [5, 5.41) is 5.16. The van der Waals surface area contributed by atoms with E-state index in [0.717, 1.165) is 12.8 Å². The van der Waals surface area contributed by atoms with Crippen molar-refractivity contribution in [2.75, 3.05) is 0 Å². The molecule has 1 aliphatic rings. The van der Waals surface area contributed by atoms with Gasteiger partial charge in [0.2, 0.25) is 0 Å². The minimum absolute atomic E-state index is 0.0589. The molecule has 2 rings (SSSR count). The summed E-state index contributed by atoms with van der Waals surface area (Å²) in [5.41, 5.74) is 0. The molecule has 1 aromatic carbocycles. The Morgan fingerprint density at radius 2 is 2.10 bits per heavy atom. The average Bonchev–Trinajstić information content (AvgIpc) is 2.88. The largest absolute Gasteiger partial charge is 0.351 e. The Morgan fingerprint density at radius 3 is 2.75 bits per heavy atom. The third kappa shape index (κ3) is 3.16. The number of hydrazone groups is 1. The number of carbonyl (C=O) groups excluding carboxylic acids is 1. The Morgan fingerprint density at radius 1 is 1.40 bits per heavy atom. The fourth-order valence-electron chi connectivity index (χ4n) is 2.06. The fourth-order valence-corrected chi connectivity index (χ4v) is 3.02. The molecule has 1 aliphatic heterocycles. The van der Waals surface area contributed by atoms with Crippen molar-refractivity contribution in [3.8, 4) is 0 Å². The summed E-state index contributed by atoms with van der Waals surface area (Å²) in [6.07, 6.45) is 3.99. The summed E-state index contributed by atoms with van der Waals surface area (Å²) in [6.45, 7) is 2.01. The number of benzene rings is 1. The predicted octanol–water partition coefficient (Wildman–Crippen LogP) is 1.95. The van der Waals surface area contributed by atoms with E-state index in [0.29, 0.717) is 6.42 Å². The van der Waals surface area contributed by atoms with Gasteiger partial charge in [-0.15, -0.1) is 0 Å². The first-order valence-electron chi connectivity index (χ1n) is 6.48. The van der Waals surface area contributed by atoms with Crippen molar-refractivity contribution in [2.45, 2.75) is 37.1 Å². The lowest BCUT2D eigenvalue weighted by atomic mass is 10.1. The maximum Gasteiger partial charge on any atom is 0.351 e. The summed E-state index contributed by atoms with van der Waals surface area (Å²) < 4.78 is 26.2. The number of amides is 2. The summed E-state index contributed by atoms with van der Waals surface area (Å²) in [7, 11) is -3.85. The number of urea groups is 1. The highest BCUT2D eigenvalue weighted by atomic mass is 32.2. The van der Waals surface area contributed by atoms with Crippen LogP contribution in [0, 0.1) is 0 Å². The van der Waals surface area contributed by atoms with Crippen molar-refractivity contribution >= 4 is 22.3 Å². The molecule has 0 aliphatic carbocycles. The maximum absolute atomic E-state index is 12.1. The molecule has 0 spiro atoms. The van der Waals surface area contributed by atoms with Gasteiger partial charge in [0.25, 0.3) is 10.0 Å². The van der Waals surface area contributed by atoms with Gasteiger partial charge in [-0.3, -0.25) is 0 Å². The van der Waals surface area contributed by atoms with Crippen LogP contribution < -0.4 is 4.72 Å². The first-order valence-corrected chi connectivity index (χ1v) is 7.96. The van der Waals surface area contributed by atoms with Crippen LogP contribution in [0.1, 0.15) is 26.2 Å². The van der Waals surface area contributed by atoms with Crippen molar-refractivity contribution in [1.29, 1.82) is 0 Å². The number of rotatable bonds is 4. The highest BCUT2D eigenvalue weighted by molar-refractivity contribution is 7.90. The molecular weight excluding hydrogens is 278 g/mol. The number of carbonyl (C=O) groups is 1. The van der Waals surface area contributed by atoms with Crippen LogP contribution in [0.2, 0.25) is 0 Å². The Bertz CT molecular complexity index is 599. The molecule has 0 saturated carbocycles. The number of hydrogen-bond acceptors (Lipinski definition) is 4. The van der Waals surface area contributed by atoms with E-state index in [-0.39, 0.29) is 10.9 Å². The molecule has 0 bridgehead atoms. The zero-order valence-electron chi connectivity index (χ0n) is 11.2. The van der Waals surface area contributed by atoms with Gasteiger partial charge in [-0.25, -0.2) is 22.9 Å². The van der Waals surface area contributed by atoms with E-state index in [2.05, 4.69) is 5.10 Å². The molecule has 0 radical (unpaired) electrons. The van der Waals surface area contributed by atoms with Gasteiger partial charge in [-0.05, 0) is 18.6 Å². The van der Waals surface area contributed by atoms with Crippen LogP contribution in [0.3, 0.4) is 0 Å². The van der Waals surface area contributed by atoms with Crippen LogP contribution in [0.25, 0.3) is 0 Å². The highest BCUT2D eigenvalue weighted by Crippen LogP contribution is 2.17. The van der Waals surface area contributed by atoms with E-state index >= 15 is 0 Å². The van der Waals surface area contributed by atoms with Crippen molar-refractivity contribution in [3.05, 3.63) is 30.3 Å². The van der Waals surface area contributed by atoms with Crippen molar-refractivity contribution < 1.29 is 13.2 Å². The lowest BCUT2D eigenvalue weighted by Crippen LogP contribution is -2.43. The standard InChI is InChI=1S/C13H17N3O3S/c1-2-6-11-9-10-14-16(11)13(17)15-20(18,19)12-7-4-3-5-8-12/h3-5,7-8,10-11H,2,6,9H2,1H3,(H,15,17). The fraction of sp³-hybridized carbons (Fsp3) is 0.385. The smallest absolute Gasteiger partial charge is 0.246 e. The second kappa shape index (κ2) is 6.04. The average molecular weight is 295 g/mol. The Labute approximate surface area is 118 Å². The molecule has 2 amide bonds. The molecule has 0 saturated heterocycles. The molecule has 6 nitrogen and oxygen atoms in total. The van der Waals surface area contributed by atoms with Gasteiger partial charge >= 0.3 is 6.03 Å². The normalized spacial score (nSPS) is 18.2. The quantitative estimate of drug-likeness (QED) is 0.922. The lowest BCUT2D eigenvalue weighted by molar-refractivity contribution is 0.188. The minimum atomic E-state index is -3.85. The molecule has 7 heteroatoms. The molecule has 1 heterocycles. The third-order valence-corrected chi connectivity index (χ3v) is 4.37. The monoisotopic (exact) mass is 295 g/mol. The molecule has 0 fully saturated rings. The third-order valence-electron chi connectivity index (χ3n) is 3.03. The van der Waals surface area contributed by atoms with E-state index in [1.165, 1.54) is 17.1 Å². The maximum atomic E-state index is 12.1. The molecule has 0 aromatic heterocycles. The Balaban J connectivity index is 2.10. The van der Waals surface area contributed by atoms with Gasteiger partial charge in [0.15, 0.2) is 0 Å². The van der Waals surface area contributed by atoms with Gasteiger partial charge in [-0.2, -0.15) is 5.10 Å². The van der Waals surface area contributed by atoms with E-state index in [1.54, 1.807) is 24.4 Å². The van der Waals surface area contributed by atoms with E-state index in [9.17, 15) is 13.2 Å². The van der Waals surface area contributed by atoms with Gasteiger partial charge in [-0.1, -0.05) is 31.5 Å². The first kappa shape index (κ1) is 14.5. The summed E-state index contributed by atoms with van der Waals surface area (Å²) in [4.78, 5) is 12.1. The first-order chi connectivity index (χ1) is 9.54.